The summed E-state index contributed by atoms with van der Waals surface area (Å²) in [4.78, 5) is 39.9. The van der Waals surface area contributed by atoms with Crippen LogP contribution in [0.15, 0.2) is 42.5 Å². The summed E-state index contributed by atoms with van der Waals surface area (Å²) in [6, 6.07) is 14.6. The molecule has 0 radical (unpaired) electrons. The number of rotatable bonds is 5. The van der Waals surface area contributed by atoms with Crippen LogP contribution in [-0.4, -0.2) is 46.5 Å². The first-order chi connectivity index (χ1) is 18.1. The molecule has 198 valence electrons. The Hall–Kier alpha value is -3.86. The Balaban J connectivity index is 1.26. The van der Waals surface area contributed by atoms with Gasteiger partial charge in [-0.25, -0.2) is 4.79 Å². The normalized spacial score (nSPS) is 22.7. The summed E-state index contributed by atoms with van der Waals surface area (Å²) in [6.07, 6.45) is 3.44. The van der Waals surface area contributed by atoms with Crippen molar-refractivity contribution < 1.29 is 19.1 Å². The highest BCUT2D eigenvalue weighted by molar-refractivity contribution is 5.98. The zero-order chi connectivity index (χ0) is 27.0. The van der Waals surface area contributed by atoms with Crippen LogP contribution in [0.1, 0.15) is 67.9 Å². The monoisotopic (exact) mass is 514 g/mol. The van der Waals surface area contributed by atoms with E-state index >= 15 is 0 Å². The number of amides is 3. The number of hydrogen-bond donors (Lipinski definition) is 2. The lowest BCUT2D eigenvalue weighted by Crippen LogP contribution is -2.64. The predicted molar refractivity (Wildman–Crippen MR) is 142 cm³/mol. The second kappa shape index (κ2) is 10.1. The van der Waals surface area contributed by atoms with E-state index in [9.17, 15) is 19.6 Å². The molecule has 38 heavy (non-hydrogen) atoms. The number of benzene rings is 2. The third-order valence-electron chi connectivity index (χ3n) is 7.74. The fourth-order valence-corrected chi connectivity index (χ4v) is 5.93. The molecule has 2 saturated heterocycles. The van der Waals surface area contributed by atoms with Crippen molar-refractivity contribution in [3.63, 3.8) is 0 Å². The van der Waals surface area contributed by atoms with Gasteiger partial charge in [-0.2, -0.15) is 5.26 Å². The molecule has 1 aliphatic carbocycles. The molecule has 2 N–H and O–H groups in total. The first-order valence-electron chi connectivity index (χ1n) is 13.3. The number of nitrogens with one attached hydrogen (secondary N) is 2. The fraction of sp³-hybridized carbons (Fsp3) is 0.467. The average Bonchev–Trinajstić information content (AvgIpc) is 3.27. The number of hydrogen-bond acceptors (Lipinski definition) is 5. The average molecular weight is 515 g/mol. The van der Waals surface area contributed by atoms with E-state index in [1.54, 1.807) is 4.90 Å². The summed E-state index contributed by atoms with van der Waals surface area (Å²) >= 11 is 0. The molecule has 2 atom stereocenters. The Morgan fingerprint density at radius 3 is 2.45 bits per heavy atom. The van der Waals surface area contributed by atoms with Crippen molar-refractivity contribution in [1.82, 2.24) is 15.5 Å². The number of piperidine rings is 2. The third-order valence-corrected chi connectivity index (χ3v) is 7.74. The topological polar surface area (TPSA) is 112 Å². The molecular weight excluding hydrogens is 480 g/mol. The van der Waals surface area contributed by atoms with Gasteiger partial charge in [-0.05, 0) is 86.8 Å². The van der Waals surface area contributed by atoms with Crippen LogP contribution in [0.4, 0.5) is 4.79 Å². The lowest BCUT2D eigenvalue weighted by Gasteiger charge is -2.50. The molecule has 1 saturated carbocycles. The first-order valence-corrected chi connectivity index (χ1v) is 13.3. The van der Waals surface area contributed by atoms with Crippen LogP contribution in [-0.2, 0) is 22.5 Å². The molecule has 3 fully saturated rings. The van der Waals surface area contributed by atoms with Gasteiger partial charge in [-0.1, -0.05) is 30.3 Å². The molecule has 8 nitrogen and oxygen atoms in total. The highest BCUT2D eigenvalue weighted by Gasteiger charge is 2.49. The zero-order valence-electron chi connectivity index (χ0n) is 22.1. The Kier molecular flexibility index (Phi) is 6.87. The first kappa shape index (κ1) is 25.8. The third kappa shape index (κ3) is 5.24. The van der Waals surface area contributed by atoms with Crippen LogP contribution in [0.2, 0.25) is 0 Å². The number of carbonyl (C=O) groups excluding carboxylic acids is 3. The zero-order valence-corrected chi connectivity index (χ0v) is 22.1. The van der Waals surface area contributed by atoms with Gasteiger partial charge in [0, 0.05) is 24.6 Å². The smallest absolute Gasteiger partial charge is 0.411 e. The molecule has 2 aromatic rings. The van der Waals surface area contributed by atoms with Crippen LogP contribution in [0.25, 0.3) is 11.1 Å². The van der Waals surface area contributed by atoms with E-state index in [2.05, 4.69) is 16.7 Å². The van der Waals surface area contributed by atoms with Crippen LogP contribution >= 0.6 is 0 Å². The Morgan fingerprint density at radius 1 is 1.11 bits per heavy atom. The number of fused-ring (bicyclic) bond motifs is 4. The van der Waals surface area contributed by atoms with Gasteiger partial charge < -0.3 is 15.4 Å². The standard InChI is InChI=1S/C30H34N4O4/c1-30(2,3)38-29(37)34-24-11-8-20(9-12-24)26(34)28(36)33-23(16-31)14-18-4-6-19(7-5-18)21-10-13-25-22(15-21)17-32-27(25)35/h4-7,10,13,15,20,23-24,26H,8-9,11-12,14,17H2,1-3H3,(H,32,35)(H,33,36)/t20?,23-,24?,26-/m0/s1. The van der Waals surface area contributed by atoms with Crippen LogP contribution in [0, 0.1) is 17.2 Å². The summed E-state index contributed by atoms with van der Waals surface area (Å²) in [5.74, 6) is -0.250. The highest BCUT2D eigenvalue weighted by Crippen LogP contribution is 2.40. The van der Waals surface area contributed by atoms with Crippen LogP contribution < -0.4 is 10.6 Å². The summed E-state index contributed by atoms with van der Waals surface area (Å²) in [5.41, 5.74) is 4.01. The van der Waals surface area contributed by atoms with Crippen molar-refractivity contribution in [2.24, 2.45) is 5.92 Å². The van der Waals surface area contributed by atoms with Crippen LogP contribution in [0.3, 0.4) is 0 Å². The molecule has 3 heterocycles. The maximum Gasteiger partial charge on any atom is 0.411 e. The molecule has 2 aromatic carbocycles. The van der Waals surface area contributed by atoms with Gasteiger partial charge in [0.2, 0.25) is 5.91 Å². The van der Waals surface area contributed by atoms with Crippen molar-refractivity contribution >= 4 is 17.9 Å². The van der Waals surface area contributed by atoms with Gasteiger partial charge >= 0.3 is 6.09 Å². The molecule has 2 bridgehead atoms. The molecule has 0 spiro atoms. The van der Waals surface area contributed by atoms with E-state index in [1.807, 2.05) is 63.2 Å². The van der Waals surface area contributed by atoms with E-state index in [-0.39, 0.29) is 23.8 Å². The molecule has 4 aliphatic rings. The molecule has 6 rings (SSSR count). The SMILES string of the molecule is CC(C)(C)OC(=O)N1C2CCC(CC2)[C@H]1C(=O)N[C@H](C#N)Cc1ccc(-c2ccc3c(c2)CNC3=O)cc1. The van der Waals surface area contributed by atoms with Gasteiger partial charge in [0.05, 0.1) is 6.07 Å². The second-order valence-electron chi connectivity index (χ2n) is 11.5. The van der Waals surface area contributed by atoms with Gasteiger partial charge in [0.15, 0.2) is 0 Å². The fourth-order valence-electron chi connectivity index (χ4n) is 5.93. The lowest BCUT2D eigenvalue weighted by molar-refractivity contribution is -0.135. The van der Waals surface area contributed by atoms with Crippen molar-refractivity contribution in [2.45, 2.75) is 83.1 Å². The summed E-state index contributed by atoms with van der Waals surface area (Å²) < 4.78 is 5.64. The van der Waals surface area contributed by atoms with Crippen molar-refractivity contribution in [2.75, 3.05) is 0 Å². The maximum atomic E-state index is 13.4. The molecule has 3 aliphatic heterocycles. The van der Waals surface area contributed by atoms with Crippen molar-refractivity contribution in [3.8, 4) is 17.2 Å². The Labute approximate surface area is 223 Å². The van der Waals surface area contributed by atoms with E-state index in [4.69, 9.17) is 4.74 Å². The molecule has 3 amide bonds. The van der Waals surface area contributed by atoms with Crippen molar-refractivity contribution in [1.29, 1.82) is 5.26 Å². The van der Waals surface area contributed by atoms with E-state index in [0.29, 0.717) is 13.0 Å². The summed E-state index contributed by atoms with van der Waals surface area (Å²) in [5, 5.41) is 15.6. The molecule has 0 unspecified atom stereocenters. The number of nitriles is 1. The lowest BCUT2D eigenvalue weighted by atomic mass is 9.74. The molecule has 8 heteroatoms. The molecule has 0 aromatic heterocycles. The number of carbonyl (C=O) groups is 3. The van der Waals surface area contributed by atoms with Gasteiger partial charge in [0.25, 0.3) is 5.91 Å². The highest BCUT2D eigenvalue weighted by atomic mass is 16.6. The van der Waals surface area contributed by atoms with Gasteiger partial charge in [-0.3, -0.25) is 14.5 Å². The second-order valence-corrected chi connectivity index (χ2v) is 11.5. The van der Waals surface area contributed by atoms with Gasteiger partial charge in [-0.15, -0.1) is 0 Å². The van der Waals surface area contributed by atoms with Crippen molar-refractivity contribution in [3.05, 3.63) is 59.2 Å². The largest absolute Gasteiger partial charge is 0.444 e. The minimum Gasteiger partial charge on any atom is -0.444 e. The van der Waals surface area contributed by atoms with E-state index in [1.165, 1.54) is 0 Å². The number of nitrogens with zero attached hydrogens (tertiary/aromatic N) is 2. The van der Waals surface area contributed by atoms with E-state index in [0.717, 1.165) is 53.5 Å². The van der Waals surface area contributed by atoms with Gasteiger partial charge in [0.1, 0.15) is 17.7 Å². The minimum absolute atomic E-state index is 0.00759. The molecular formula is C30H34N4O4. The minimum atomic E-state index is -0.716. The quantitative estimate of drug-likeness (QED) is 0.617. The number of ether oxygens (including phenoxy) is 1. The Morgan fingerprint density at radius 2 is 1.79 bits per heavy atom. The summed E-state index contributed by atoms with van der Waals surface area (Å²) in [7, 11) is 0. The predicted octanol–water partition coefficient (Wildman–Crippen LogP) is 4.33. The van der Waals surface area contributed by atoms with E-state index < -0.39 is 23.8 Å². The van der Waals surface area contributed by atoms with Crippen LogP contribution in [0.5, 0.6) is 0 Å². The summed E-state index contributed by atoms with van der Waals surface area (Å²) in [6.45, 7) is 6.00. The Bertz CT molecular complexity index is 1280. The maximum absolute atomic E-state index is 13.4.